The summed E-state index contributed by atoms with van der Waals surface area (Å²) < 4.78 is 3.80. The van der Waals surface area contributed by atoms with Crippen molar-refractivity contribution in [2.45, 2.75) is 27.3 Å². The number of rotatable bonds is 2. The summed E-state index contributed by atoms with van der Waals surface area (Å²) in [6, 6.07) is 0. The van der Waals surface area contributed by atoms with E-state index in [0.717, 1.165) is 17.7 Å². The Bertz CT molecular complexity index is 820. The van der Waals surface area contributed by atoms with E-state index in [0.29, 0.717) is 16.9 Å². The first-order valence-corrected chi connectivity index (χ1v) is 6.47. The van der Waals surface area contributed by atoms with Crippen LogP contribution >= 0.6 is 0 Å². The van der Waals surface area contributed by atoms with Gasteiger partial charge >= 0.3 is 0 Å². The lowest BCUT2D eigenvalue weighted by molar-refractivity contribution is 0.777. The van der Waals surface area contributed by atoms with E-state index in [2.05, 4.69) is 15.0 Å². The van der Waals surface area contributed by atoms with Crippen molar-refractivity contribution in [2.75, 3.05) is 0 Å². The summed E-state index contributed by atoms with van der Waals surface area (Å²) in [6.07, 6.45) is 6.84. The number of imidazole rings is 1. The number of aromatic nitrogens is 5. The topological polar surface area (TPSA) is 65.6 Å². The number of pyridine rings is 1. The molecule has 3 rings (SSSR count). The molecule has 0 bridgehead atoms. The van der Waals surface area contributed by atoms with Crippen LogP contribution in [-0.4, -0.2) is 24.1 Å². The first-order chi connectivity index (χ1) is 9.61. The predicted octanol–water partition coefficient (Wildman–Crippen LogP) is 1.61. The van der Waals surface area contributed by atoms with Crippen molar-refractivity contribution in [3.63, 3.8) is 0 Å². The molecule has 0 aliphatic heterocycles. The van der Waals surface area contributed by atoms with E-state index < -0.39 is 0 Å². The van der Waals surface area contributed by atoms with Crippen molar-refractivity contribution in [2.24, 2.45) is 0 Å². The van der Waals surface area contributed by atoms with Crippen molar-refractivity contribution < 1.29 is 0 Å². The van der Waals surface area contributed by atoms with Crippen LogP contribution in [0.1, 0.15) is 18.1 Å². The third kappa shape index (κ3) is 1.80. The van der Waals surface area contributed by atoms with Crippen molar-refractivity contribution in [1.29, 1.82) is 0 Å². The van der Waals surface area contributed by atoms with Crippen LogP contribution in [0, 0.1) is 13.8 Å². The summed E-state index contributed by atoms with van der Waals surface area (Å²) in [7, 11) is 0. The van der Waals surface area contributed by atoms with Crippen LogP contribution in [0.2, 0.25) is 0 Å². The van der Waals surface area contributed by atoms with E-state index in [9.17, 15) is 4.79 Å². The fourth-order valence-electron chi connectivity index (χ4n) is 2.29. The Labute approximate surface area is 115 Å². The average molecular weight is 269 g/mol. The van der Waals surface area contributed by atoms with Gasteiger partial charge in [-0.2, -0.15) is 0 Å². The lowest BCUT2D eigenvalue weighted by Gasteiger charge is -2.08. The molecule has 0 atom stereocenters. The van der Waals surface area contributed by atoms with Gasteiger partial charge in [-0.15, -0.1) is 0 Å². The van der Waals surface area contributed by atoms with Gasteiger partial charge in [-0.1, -0.05) is 0 Å². The third-order valence-corrected chi connectivity index (χ3v) is 3.35. The largest absolute Gasteiger partial charge is 0.315 e. The van der Waals surface area contributed by atoms with Crippen LogP contribution in [0.15, 0.2) is 29.8 Å². The summed E-state index contributed by atoms with van der Waals surface area (Å²) in [5, 5.41) is 0. The number of aryl methyl sites for hydroxylation is 3. The fraction of sp³-hybridized carbons (Fsp3) is 0.286. The second-order valence-electron chi connectivity index (χ2n) is 4.76. The normalized spacial score (nSPS) is 11.2. The maximum absolute atomic E-state index is 11.8. The van der Waals surface area contributed by atoms with Crippen molar-refractivity contribution >= 4 is 11.2 Å². The van der Waals surface area contributed by atoms with Gasteiger partial charge in [-0.05, 0) is 20.8 Å². The lowest BCUT2D eigenvalue weighted by Crippen LogP contribution is -2.13. The highest BCUT2D eigenvalue weighted by Gasteiger charge is 2.11. The molecule has 20 heavy (non-hydrogen) atoms. The Morgan fingerprint density at radius 3 is 2.45 bits per heavy atom. The second kappa shape index (κ2) is 4.56. The molecule has 0 saturated carbocycles. The zero-order chi connectivity index (χ0) is 14.3. The van der Waals surface area contributed by atoms with Crippen LogP contribution in [0.5, 0.6) is 0 Å². The molecule has 6 heteroatoms. The van der Waals surface area contributed by atoms with Gasteiger partial charge in [-0.25, -0.2) is 15.0 Å². The fourth-order valence-corrected chi connectivity index (χ4v) is 2.29. The number of fused-ring (bicyclic) bond motifs is 1. The molecular formula is C14H15N5O. The van der Waals surface area contributed by atoms with E-state index in [-0.39, 0.29) is 5.43 Å². The Hall–Kier alpha value is -2.50. The summed E-state index contributed by atoms with van der Waals surface area (Å²) in [4.78, 5) is 24.8. The first kappa shape index (κ1) is 12.5. The quantitative estimate of drug-likeness (QED) is 0.709. The molecule has 0 saturated heterocycles. The summed E-state index contributed by atoms with van der Waals surface area (Å²) in [6.45, 7) is 6.44. The first-order valence-electron chi connectivity index (χ1n) is 6.47. The predicted molar refractivity (Wildman–Crippen MR) is 76.1 cm³/mol. The summed E-state index contributed by atoms with van der Waals surface area (Å²) in [5.74, 6) is 0.688. The molecule has 102 valence electrons. The molecule has 0 amide bonds. The third-order valence-electron chi connectivity index (χ3n) is 3.35. The van der Waals surface area contributed by atoms with Gasteiger partial charge in [0, 0.05) is 30.1 Å². The molecule has 0 unspecified atom stereocenters. The molecule has 0 spiro atoms. The zero-order valence-corrected chi connectivity index (χ0v) is 11.7. The summed E-state index contributed by atoms with van der Waals surface area (Å²) in [5.41, 5.74) is 2.97. The van der Waals surface area contributed by atoms with Gasteiger partial charge in [0.05, 0.1) is 6.33 Å². The smallest absolute Gasteiger partial charge is 0.187 e. The van der Waals surface area contributed by atoms with Crippen LogP contribution < -0.4 is 5.43 Å². The van der Waals surface area contributed by atoms with Gasteiger partial charge in [-0.3, -0.25) is 4.79 Å². The standard InChI is InChI=1S/C14H15N5O/c1-4-18-8-17-11-13(18)15-7-16-14(11)19-5-9(2)12(20)10(3)6-19/h5-8H,4H2,1-3H3. The van der Waals surface area contributed by atoms with Gasteiger partial charge in [0.1, 0.15) is 6.33 Å². The molecule has 3 aromatic rings. The maximum atomic E-state index is 11.8. The molecule has 3 heterocycles. The van der Waals surface area contributed by atoms with E-state index in [4.69, 9.17) is 0 Å². The van der Waals surface area contributed by atoms with Gasteiger partial charge in [0.2, 0.25) is 0 Å². The molecule has 0 radical (unpaired) electrons. The molecule has 0 N–H and O–H groups in total. The molecule has 6 nitrogen and oxygen atoms in total. The van der Waals surface area contributed by atoms with Crippen LogP contribution in [0.25, 0.3) is 17.0 Å². The molecule has 3 aromatic heterocycles. The van der Waals surface area contributed by atoms with E-state index >= 15 is 0 Å². The molecule has 0 aromatic carbocycles. The van der Waals surface area contributed by atoms with Crippen LogP contribution in [-0.2, 0) is 6.54 Å². The van der Waals surface area contributed by atoms with Crippen molar-refractivity contribution in [1.82, 2.24) is 24.1 Å². The van der Waals surface area contributed by atoms with E-state index in [1.165, 1.54) is 6.33 Å². The van der Waals surface area contributed by atoms with Crippen LogP contribution in [0.3, 0.4) is 0 Å². The van der Waals surface area contributed by atoms with E-state index in [1.807, 2.05) is 16.1 Å². The minimum absolute atomic E-state index is 0.0608. The average Bonchev–Trinajstić information content (AvgIpc) is 2.87. The highest BCUT2D eigenvalue weighted by atomic mass is 16.1. The Kier molecular flexibility index (Phi) is 2.85. The maximum Gasteiger partial charge on any atom is 0.187 e. The molecule has 0 aliphatic carbocycles. The van der Waals surface area contributed by atoms with Crippen molar-refractivity contribution in [3.05, 3.63) is 46.4 Å². The van der Waals surface area contributed by atoms with Gasteiger partial charge in [0.25, 0.3) is 0 Å². The van der Waals surface area contributed by atoms with E-state index in [1.54, 1.807) is 32.6 Å². The summed E-state index contributed by atoms with van der Waals surface area (Å²) >= 11 is 0. The molecule has 0 fully saturated rings. The van der Waals surface area contributed by atoms with Gasteiger partial charge < -0.3 is 9.13 Å². The second-order valence-corrected chi connectivity index (χ2v) is 4.76. The van der Waals surface area contributed by atoms with Crippen molar-refractivity contribution in [3.8, 4) is 5.82 Å². The number of hydrogen-bond donors (Lipinski definition) is 0. The monoisotopic (exact) mass is 269 g/mol. The molecular weight excluding hydrogens is 254 g/mol. The SMILES string of the molecule is CCn1cnc2c(-n3cc(C)c(=O)c(C)c3)ncnc21. The minimum atomic E-state index is 0.0608. The molecule has 0 aliphatic rings. The van der Waals surface area contributed by atoms with Crippen LogP contribution in [0.4, 0.5) is 0 Å². The minimum Gasteiger partial charge on any atom is -0.315 e. The highest BCUT2D eigenvalue weighted by molar-refractivity contribution is 5.78. The Morgan fingerprint density at radius 2 is 1.80 bits per heavy atom. The highest BCUT2D eigenvalue weighted by Crippen LogP contribution is 2.17. The van der Waals surface area contributed by atoms with Gasteiger partial charge in [0.15, 0.2) is 22.4 Å². The Morgan fingerprint density at radius 1 is 1.10 bits per heavy atom. The number of nitrogens with zero attached hydrogens (tertiary/aromatic N) is 5. The Balaban J connectivity index is 2.30. The zero-order valence-electron chi connectivity index (χ0n) is 11.7. The lowest BCUT2D eigenvalue weighted by atomic mass is 10.2. The number of hydrogen-bond acceptors (Lipinski definition) is 4.